The molecule has 3 aromatic rings. The lowest BCUT2D eigenvalue weighted by Gasteiger charge is -2.36. The first-order valence-corrected chi connectivity index (χ1v) is 10.6. The quantitative estimate of drug-likeness (QED) is 0.704. The van der Waals surface area contributed by atoms with Crippen LogP contribution in [0.25, 0.3) is 16.6 Å². The Hall–Kier alpha value is -3.39. The number of hydrogen-bond acceptors (Lipinski definition) is 5. The van der Waals surface area contributed by atoms with Crippen molar-refractivity contribution in [3.8, 4) is 0 Å². The topological polar surface area (TPSA) is 57.3 Å². The molecule has 31 heavy (non-hydrogen) atoms. The Morgan fingerprint density at radius 1 is 1.03 bits per heavy atom. The van der Waals surface area contributed by atoms with Gasteiger partial charge in [0.05, 0.1) is 11.0 Å². The molecule has 0 amide bonds. The summed E-state index contributed by atoms with van der Waals surface area (Å²) in [6.07, 6.45) is 6.59. The summed E-state index contributed by atoms with van der Waals surface area (Å²) in [5.74, 6) is 0.639. The molecule has 0 aliphatic carbocycles. The first-order chi connectivity index (χ1) is 15.1. The Morgan fingerprint density at radius 2 is 1.87 bits per heavy atom. The Labute approximate surface area is 179 Å². The summed E-state index contributed by atoms with van der Waals surface area (Å²) in [5, 5.41) is 4.35. The summed E-state index contributed by atoms with van der Waals surface area (Å²) in [5.41, 5.74) is 5.73. The van der Waals surface area contributed by atoms with Crippen LogP contribution in [0.5, 0.6) is 0 Å². The van der Waals surface area contributed by atoms with Gasteiger partial charge in [-0.1, -0.05) is 6.58 Å². The molecule has 0 atom stereocenters. The second kappa shape index (κ2) is 8.03. The summed E-state index contributed by atoms with van der Waals surface area (Å²) in [4.78, 5) is 17.7. The Kier molecular flexibility index (Phi) is 5.07. The number of rotatable bonds is 4. The molecular weight excluding hydrogens is 395 g/mol. The van der Waals surface area contributed by atoms with E-state index in [9.17, 15) is 9.18 Å². The van der Waals surface area contributed by atoms with Crippen LogP contribution < -0.4 is 11.0 Å². The number of hydrogen-bond donors (Lipinski definition) is 1. The molecule has 0 spiro atoms. The molecule has 8 heteroatoms. The number of hydrazone groups is 1. The molecule has 2 aliphatic heterocycles. The normalized spacial score (nSPS) is 17.4. The summed E-state index contributed by atoms with van der Waals surface area (Å²) < 4.78 is 17.4. The van der Waals surface area contributed by atoms with Crippen LogP contribution in [0.2, 0.25) is 0 Å². The van der Waals surface area contributed by atoms with E-state index < -0.39 is 0 Å². The van der Waals surface area contributed by atoms with E-state index in [0.717, 1.165) is 56.2 Å². The maximum atomic E-state index is 13.9. The van der Waals surface area contributed by atoms with Gasteiger partial charge in [0.1, 0.15) is 17.2 Å². The molecular formula is C23H25FN6O. The Bertz CT molecular complexity index is 1260. The first kappa shape index (κ1) is 19.6. The van der Waals surface area contributed by atoms with Gasteiger partial charge in [-0.15, -0.1) is 0 Å². The number of piperazine rings is 1. The molecule has 0 saturated carbocycles. The average Bonchev–Trinajstić information content (AvgIpc) is 3.28. The van der Waals surface area contributed by atoms with Crippen LogP contribution >= 0.6 is 0 Å². The molecule has 0 radical (unpaired) electrons. The highest BCUT2D eigenvalue weighted by Gasteiger charge is 2.19. The van der Waals surface area contributed by atoms with E-state index in [4.69, 9.17) is 0 Å². The van der Waals surface area contributed by atoms with Gasteiger partial charge in [-0.3, -0.25) is 15.1 Å². The SMILES string of the molecule is C=C1C=CC(N2CCN(CCCn3c(=O)c4cccn4c4cc(F)ccc43)CC2)=NN1. The zero-order valence-corrected chi connectivity index (χ0v) is 17.3. The molecule has 1 fully saturated rings. The predicted octanol–water partition coefficient (Wildman–Crippen LogP) is 2.39. The van der Waals surface area contributed by atoms with Gasteiger partial charge in [0.15, 0.2) is 0 Å². The van der Waals surface area contributed by atoms with Crippen molar-refractivity contribution in [2.24, 2.45) is 5.10 Å². The minimum atomic E-state index is -0.303. The van der Waals surface area contributed by atoms with Crippen LogP contribution in [0.4, 0.5) is 4.39 Å². The predicted molar refractivity (Wildman–Crippen MR) is 121 cm³/mol. The highest BCUT2D eigenvalue weighted by molar-refractivity contribution is 5.94. The van der Waals surface area contributed by atoms with Crippen molar-refractivity contribution in [2.45, 2.75) is 13.0 Å². The van der Waals surface area contributed by atoms with Gasteiger partial charge in [0, 0.05) is 44.6 Å². The number of allylic oxidation sites excluding steroid dienone is 1. The Morgan fingerprint density at radius 3 is 2.65 bits per heavy atom. The number of aromatic nitrogens is 2. The number of benzene rings is 1. The molecule has 1 saturated heterocycles. The average molecular weight is 420 g/mol. The van der Waals surface area contributed by atoms with Crippen LogP contribution in [-0.2, 0) is 6.54 Å². The van der Waals surface area contributed by atoms with E-state index in [-0.39, 0.29) is 11.4 Å². The molecule has 0 unspecified atom stereocenters. The van der Waals surface area contributed by atoms with Crippen LogP contribution in [-0.4, -0.2) is 57.3 Å². The van der Waals surface area contributed by atoms with Crippen molar-refractivity contribution in [2.75, 3.05) is 32.7 Å². The van der Waals surface area contributed by atoms with Crippen molar-refractivity contribution >= 4 is 22.4 Å². The molecule has 1 N–H and O–H groups in total. The number of nitrogens with one attached hydrogen (secondary N) is 1. The van der Waals surface area contributed by atoms with Crippen LogP contribution in [0.1, 0.15) is 6.42 Å². The number of aryl methyl sites for hydroxylation is 1. The van der Waals surface area contributed by atoms with Crippen LogP contribution in [0, 0.1) is 5.82 Å². The largest absolute Gasteiger partial charge is 0.353 e. The highest BCUT2D eigenvalue weighted by Crippen LogP contribution is 2.17. The molecule has 7 nitrogen and oxygen atoms in total. The van der Waals surface area contributed by atoms with Gasteiger partial charge < -0.3 is 13.9 Å². The fourth-order valence-corrected chi connectivity index (χ4v) is 4.36. The van der Waals surface area contributed by atoms with E-state index in [1.165, 1.54) is 12.1 Å². The van der Waals surface area contributed by atoms with Crippen LogP contribution in [0.15, 0.2) is 70.9 Å². The van der Waals surface area contributed by atoms with Crippen molar-refractivity contribution < 1.29 is 4.39 Å². The lowest BCUT2D eigenvalue weighted by atomic mass is 10.2. The maximum Gasteiger partial charge on any atom is 0.275 e. The number of amidine groups is 1. The summed E-state index contributed by atoms with van der Waals surface area (Å²) in [6.45, 7) is 9.07. The lowest BCUT2D eigenvalue weighted by Crippen LogP contribution is -2.49. The van der Waals surface area contributed by atoms with Gasteiger partial charge in [-0.05, 0) is 55.4 Å². The zero-order valence-electron chi connectivity index (χ0n) is 17.3. The molecule has 4 heterocycles. The van der Waals surface area contributed by atoms with Crippen molar-refractivity contribution in [1.82, 2.24) is 24.2 Å². The van der Waals surface area contributed by atoms with E-state index in [0.29, 0.717) is 17.6 Å². The fraction of sp³-hybridized carbons (Fsp3) is 0.304. The van der Waals surface area contributed by atoms with Crippen molar-refractivity contribution in [3.63, 3.8) is 0 Å². The molecule has 2 aromatic heterocycles. The van der Waals surface area contributed by atoms with Crippen molar-refractivity contribution in [1.29, 1.82) is 0 Å². The molecule has 160 valence electrons. The smallest absolute Gasteiger partial charge is 0.275 e. The molecule has 2 aliphatic rings. The Balaban J connectivity index is 1.25. The second-order valence-electron chi connectivity index (χ2n) is 7.98. The fourth-order valence-electron chi connectivity index (χ4n) is 4.36. The van der Waals surface area contributed by atoms with E-state index in [1.54, 1.807) is 27.3 Å². The zero-order chi connectivity index (χ0) is 21.4. The summed E-state index contributed by atoms with van der Waals surface area (Å²) in [7, 11) is 0. The molecule has 5 rings (SSSR count). The van der Waals surface area contributed by atoms with E-state index >= 15 is 0 Å². The van der Waals surface area contributed by atoms with Gasteiger partial charge in [-0.2, -0.15) is 5.10 Å². The molecule has 1 aromatic carbocycles. The van der Waals surface area contributed by atoms with Gasteiger partial charge in [-0.25, -0.2) is 4.39 Å². The number of fused-ring (bicyclic) bond motifs is 3. The number of nitrogens with zero attached hydrogens (tertiary/aromatic N) is 5. The minimum absolute atomic E-state index is 0.0369. The number of halogens is 1. The van der Waals surface area contributed by atoms with E-state index in [1.807, 2.05) is 18.2 Å². The third-order valence-corrected chi connectivity index (χ3v) is 6.00. The first-order valence-electron chi connectivity index (χ1n) is 10.6. The van der Waals surface area contributed by atoms with Gasteiger partial charge >= 0.3 is 0 Å². The van der Waals surface area contributed by atoms with Gasteiger partial charge in [0.25, 0.3) is 5.56 Å². The van der Waals surface area contributed by atoms with Gasteiger partial charge in [0.2, 0.25) is 0 Å². The standard InChI is InChI=1S/C23H25FN6O/c1-17-5-8-22(26-25-17)28-14-12-27(13-15-28)9-3-11-30-19-7-6-18(24)16-21(19)29-10-2-4-20(29)23(30)31/h2,4-8,10,16,25H,1,3,9,11-15H2. The lowest BCUT2D eigenvalue weighted by molar-refractivity contribution is 0.178. The van der Waals surface area contributed by atoms with Crippen molar-refractivity contribution in [3.05, 3.63) is 77.1 Å². The van der Waals surface area contributed by atoms with Crippen LogP contribution in [0.3, 0.4) is 0 Å². The maximum absolute atomic E-state index is 13.9. The minimum Gasteiger partial charge on any atom is -0.353 e. The summed E-state index contributed by atoms with van der Waals surface area (Å²) in [6, 6.07) is 8.21. The molecule has 0 bridgehead atoms. The van der Waals surface area contributed by atoms with E-state index in [2.05, 4.69) is 26.9 Å². The highest BCUT2D eigenvalue weighted by atomic mass is 19.1. The second-order valence-corrected chi connectivity index (χ2v) is 7.98. The summed E-state index contributed by atoms with van der Waals surface area (Å²) >= 11 is 0. The third kappa shape index (κ3) is 3.74. The monoisotopic (exact) mass is 420 g/mol. The third-order valence-electron chi connectivity index (χ3n) is 6.00.